The Morgan fingerprint density at radius 1 is 1.13 bits per heavy atom. The molecular weight excluding hydrogens is 320 g/mol. The van der Waals surface area contributed by atoms with Crippen LogP contribution in [0.1, 0.15) is 23.2 Å². The summed E-state index contributed by atoms with van der Waals surface area (Å²) in [4.78, 5) is 25.7. The highest BCUT2D eigenvalue weighted by Gasteiger charge is 2.14. The normalized spacial score (nSPS) is 9.74. The molecule has 1 aromatic rings. The van der Waals surface area contributed by atoms with Gasteiger partial charge in [-0.25, -0.2) is 0 Å². The fraction of sp³-hybridized carbons (Fsp3) is 0.500. The first-order chi connectivity index (χ1) is 10.5. The van der Waals surface area contributed by atoms with Crippen molar-refractivity contribution in [2.45, 2.75) is 12.8 Å². The fourth-order valence-electron chi connectivity index (χ4n) is 1.97. The van der Waals surface area contributed by atoms with Gasteiger partial charge in [0, 0.05) is 38.5 Å². The number of likely N-dealkylation sites (N-methyl/N-ethyl adjacent to an activating group) is 2. The molecule has 6 nitrogen and oxygen atoms in total. The van der Waals surface area contributed by atoms with Crippen molar-refractivity contribution in [1.82, 2.24) is 10.2 Å². The Balaban J connectivity index is 0.00000484. The molecule has 7 heteroatoms. The van der Waals surface area contributed by atoms with Crippen LogP contribution < -0.4 is 14.8 Å². The van der Waals surface area contributed by atoms with Crippen LogP contribution in [0.5, 0.6) is 11.5 Å². The third-order valence-corrected chi connectivity index (χ3v) is 3.39. The maximum absolute atomic E-state index is 12.2. The molecular formula is C16H25ClN2O4. The molecule has 1 aromatic carbocycles. The number of hydrogen-bond acceptors (Lipinski definition) is 5. The maximum Gasteiger partial charge on any atom is 0.222 e. The zero-order valence-corrected chi connectivity index (χ0v) is 14.9. The summed E-state index contributed by atoms with van der Waals surface area (Å²) in [7, 11) is 6.63. The Labute approximate surface area is 143 Å². The molecule has 1 rings (SSSR count). The van der Waals surface area contributed by atoms with Crippen molar-refractivity contribution in [2.24, 2.45) is 0 Å². The highest BCUT2D eigenvalue weighted by atomic mass is 35.5. The van der Waals surface area contributed by atoms with Crippen molar-refractivity contribution < 1.29 is 19.1 Å². The van der Waals surface area contributed by atoms with Gasteiger partial charge in [-0.2, -0.15) is 0 Å². The molecule has 0 aliphatic rings. The second-order valence-electron chi connectivity index (χ2n) is 4.91. The van der Waals surface area contributed by atoms with Crippen molar-refractivity contribution in [3.63, 3.8) is 0 Å². The number of ketones is 1. The second kappa shape index (κ2) is 10.9. The van der Waals surface area contributed by atoms with Crippen LogP contribution in [0.4, 0.5) is 0 Å². The van der Waals surface area contributed by atoms with E-state index in [1.54, 1.807) is 37.3 Å². The summed E-state index contributed by atoms with van der Waals surface area (Å²) in [5, 5.41) is 2.98. The van der Waals surface area contributed by atoms with E-state index < -0.39 is 0 Å². The second-order valence-corrected chi connectivity index (χ2v) is 4.91. The average molecular weight is 345 g/mol. The lowest BCUT2D eigenvalue weighted by Crippen LogP contribution is -2.32. The molecule has 0 spiro atoms. The zero-order chi connectivity index (χ0) is 16.5. The van der Waals surface area contributed by atoms with Crippen LogP contribution in [0.2, 0.25) is 0 Å². The number of halogens is 1. The highest BCUT2D eigenvalue weighted by molar-refractivity contribution is 5.98. The lowest BCUT2D eigenvalue weighted by Gasteiger charge is -2.16. The molecule has 0 aromatic heterocycles. The van der Waals surface area contributed by atoms with Crippen LogP contribution in [-0.4, -0.2) is 58.0 Å². The van der Waals surface area contributed by atoms with E-state index in [9.17, 15) is 9.59 Å². The number of nitrogens with one attached hydrogen (secondary N) is 1. The van der Waals surface area contributed by atoms with Crippen LogP contribution in [0.25, 0.3) is 0 Å². The van der Waals surface area contributed by atoms with Crippen LogP contribution in [-0.2, 0) is 4.79 Å². The Hall–Kier alpha value is -1.79. The molecule has 0 bridgehead atoms. The summed E-state index contributed by atoms with van der Waals surface area (Å²) in [5.74, 6) is 0.952. The van der Waals surface area contributed by atoms with E-state index in [0.29, 0.717) is 23.6 Å². The van der Waals surface area contributed by atoms with Crippen LogP contribution in [0, 0.1) is 0 Å². The lowest BCUT2D eigenvalue weighted by atomic mass is 10.1. The summed E-state index contributed by atoms with van der Waals surface area (Å²) in [6.45, 7) is 1.35. The van der Waals surface area contributed by atoms with E-state index in [0.717, 1.165) is 6.54 Å². The number of hydrogen-bond donors (Lipinski definition) is 1. The molecule has 0 aliphatic heterocycles. The number of rotatable bonds is 9. The van der Waals surface area contributed by atoms with E-state index >= 15 is 0 Å². The number of carbonyl (C=O) groups is 2. The first-order valence-corrected chi connectivity index (χ1v) is 7.17. The van der Waals surface area contributed by atoms with Crippen LogP contribution >= 0.6 is 12.4 Å². The summed E-state index contributed by atoms with van der Waals surface area (Å²) in [6, 6.07) is 5.00. The lowest BCUT2D eigenvalue weighted by molar-refractivity contribution is -0.129. The monoisotopic (exact) mass is 344 g/mol. The number of amides is 1. The van der Waals surface area contributed by atoms with Gasteiger partial charge in [0.25, 0.3) is 0 Å². The Morgan fingerprint density at radius 2 is 1.78 bits per heavy atom. The van der Waals surface area contributed by atoms with E-state index in [4.69, 9.17) is 9.47 Å². The number of nitrogens with zero attached hydrogens (tertiary/aromatic N) is 1. The first-order valence-electron chi connectivity index (χ1n) is 7.17. The maximum atomic E-state index is 12.2. The summed E-state index contributed by atoms with van der Waals surface area (Å²) in [6.07, 6.45) is 0.381. The van der Waals surface area contributed by atoms with Crippen LogP contribution in [0.15, 0.2) is 18.2 Å². The quantitative estimate of drug-likeness (QED) is 0.691. The molecule has 0 heterocycles. The van der Waals surface area contributed by atoms with Gasteiger partial charge in [-0.05, 0) is 25.2 Å². The van der Waals surface area contributed by atoms with Gasteiger partial charge >= 0.3 is 0 Å². The van der Waals surface area contributed by atoms with Gasteiger partial charge in [-0.15, -0.1) is 12.4 Å². The molecule has 0 atom stereocenters. The molecule has 0 aliphatic carbocycles. The fourth-order valence-corrected chi connectivity index (χ4v) is 1.97. The minimum absolute atomic E-state index is 0. The number of carbonyl (C=O) groups excluding carboxylic acids is 2. The summed E-state index contributed by atoms with van der Waals surface area (Å²) in [5.41, 5.74) is 0.517. The van der Waals surface area contributed by atoms with Gasteiger partial charge in [-0.3, -0.25) is 9.59 Å². The smallest absolute Gasteiger partial charge is 0.222 e. The summed E-state index contributed by atoms with van der Waals surface area (Å²) < 4.78 is 10.3. The van der Waals surface area contributed by atoms with Crippen molar-refractivity contribution in [3.05, 3.63) is 23.8 Å². The molecule has 1 amide bonds. The highest BCUT2D eigenvalue weighted by Crippen LogP contribution is 2.28. The van der Waals surface area contributed by atoms with Crippen molar-refractivity contribution in [2.75, 3.05) is 41.4 Å². The topological polar surface area (TPSA) is 67.9 Å². The molecule has 0 fully saturated rings. The van der Waals surface area contributed by atoms with Gasteiger partial charge in [0.2, 0.25) is 5.91 Å². The largest absolute Gasteiger partial charge is 0.493 e. The van der Waals surface area contributed by atoms with Gasteiger partial charge in [0.1, 0.15) is 0 Å². The van der Waals surface area contributed by atoms with Crippen molar-refractivity contribution in [1.29, 1.82) is 0 Å². The van der Waals surface area contributed by atoms with Crippen molar-refractivity contribution in [3.8, 4) is 11.5 Å². The molecule has 0 unspecified atom stereocenters. The van der Waals surface area contributed by atoms with E-state index in [-0.39, 0.29) is 36.9 Å². The third kappa shape index (κ3) is 6.46. The van der Waals surface area contributed by atoms with E-state index in [1.807, 2.05) is 7.05 Å². The number of methoxy groups -OCH3 is 2. The van der Waals surface area contributed by atoms with Gasteiger partial charge in [0.05, 0.1) is 14.2 Å². The van der Waals surface area contributed by atoms with Gasteiger partial charge < -0.3 is 19.7 Å². The van der Waals surface area contributed by atoms with Gasteiger partial charge in [-0.1, -0.05) is 0 Å². The SMILES string of the molecule is CNCCN(C)C(=O)CCC(=O)c1ccc(OC)c(OC)c1.Cl. The minimum atomic E-state index is -0.0867. The Bertz CT molecular complexity index is 523. The number of benzene rings is 1. The summed E-state index contributed by atoms with van der Waals surface area (Å²) >= 11 is 0. The standard InChI is InChI=1S/C16H24N2O4.ClH/c1-17-9-10-18(2)16(20)8-6-13(19)12-5-7-14(21-3)15(11-12)22-4;/h5,7,11,17H,6,8-10H2,1-4H3;1H. The Kier molecular flexibility index (Phi) is 10.0. The van der Waals surface area contributed by atoms with Crippen molar-refractivity contribution >= 4 is 24.1 Å². The molecule has 130 valence electrons. The molecule has 23 heavy (non-hydrogen) atoms. The number of Topliss-reactive ketones (excluding diaryl/α,β-unsaturated/α-hetero) is 1. The third-order valence-electron chi connectivity index (χ3n) is 3.39. The molecule has 1 N–H and O–H groups in total. The Morgan fingerprint density at radius 3 is 2.35 bits per heavy atom. The molecule has 0 saturated carbocycles. The number of ether oxygens (including phenoxy) is 2. The predicted octanol–water partition coefficient (Wildman–Crippen LogP) is 1.77. The molecule has 0 saturated heterocycles. The average Bonchev–Trinajstić information content (AvgIpc) is 2.56. The van der Waals surface area contributed by atoms with E-state index in [2.05, 4.69) is 5.32 Å². The molecule has 0 radical (unpaired) electrons. The van der Waals surface area contributed by atoms with Gasteiger partial charge in [0.15, 0.2) is 17.3 Å². The zero-order valence-electron chi connectivity index (χ0n) is 14.0. The first kappa shape index (κ1) is 21.2. The minimum Gasteiger partial charge on any atom is -0.493 e. The van der Waals surface area contributed by atoms with Crippen LogP contribution in [0.3, 0.4) is 0 Å². The predicted molar refractivity (Wildman–Crippen MR) is 91.9 cm³/mol. The van der Waals surface area contributed by atoms with E-state index in [1.165, 1.54) is 7.11 Å².